The maximum Gasteiger partial charge on any atom is 0.419 e. The summed E-state index contributed by atoms with van der Waals surface area (Å²) < 4.78 is 10.9. The number of hydrogen-bond donors (Lipinski definition) is 0. The van der Waals surface area contributed by atoms with E-state index >= 15 is 0 Å². The fourth-order valence-electron chi connectivity index (χ4n) is 1.44. The van der Waals surface area contributed by atoms with Gasteiger partial charge >= 0.3 is 12.1 Å². The van der Waals surface area contributed by atoms with Gasteiger partial charge in [0.25, 0.3) is 0 Å². The van der Waals surface area contributed by atoms with Crippen molar-refractivity contribution < 1.29 is 19.1 Å². The molecule has 0 amide bonds. The molecular weight excluding hydrogens is 248 g/mol. The smallest absolute Gasteiger partial charge is 0.419 e. The first-order valence-corrected chi connectivity index (χ1v) is 5.53. The Hall–Kier alpha value is -2.63. The van der Waals surface area contributed by atoms with Gasteiger partial charge in [0.1, 0.15) is 12.9 Å². The summed E-state index contributed by atoms with van der Waals surface area (Å²) in [7, 11) is 1.32. The Labute approximate surface area is 109 Å². The summed E-state index contributed by atoms with van der Waals surface area (Å²) >= 11 is 0. The van der Waals surface area contributed by atoms with E-state index in [0.717, 1.165) is 5.56 Å². The quantitative estimate of drug-likeness (QED) is 0.788. The zero-order valence-corrected chi connectivity index (χ0v) is 10.3. The van der Waals surface area contributed by atoms with Crippen molar-refractivity contribution in [3.8, 4) is 0 Å². The minimum atomic E-state index is -0.505. The number of esters is 1. The van der Waals surface area contributed by atoms with Gasteiger partial charge in [-0.25, -0.2) is 19.1 Å². The number of carbonyl (C=O) groups is 2. The molecule has 0 saturated heterocycles. The SMILES string of the molecule is COC(=O)c1ccc(COC(=O)n2ccnc2)cc1. The van der Waals surface area contributed by atoms with Crippen molar-refractivity contribution in [1.82, 2.24) is 9.55 Å². The number of imidazole rings is 1. The number of nitrogens with zero attached hydrogens (tertiary/aromatic N) is 2. The highest BCUT2D eigenvalue weighted by molar-refractivity contribution is 5.89. The number of rotatable bonds is 3. The number of carbonyl (C=O) groups excluding carboxylic acids is 2. The van der Waals surface area contributed by atoms with Gasteiger partial charge in [-0.15, -0.1) is 0 Å². The van der Waals surface area contributed by atoms with Crippen LogP contribution < -0.4 is 0 Å². The summed E-state index contributed by atoms with van der Waals surface area (Å²) in [6.45, 7) is 0.123. The van der Waals surface area contributed by atoms with E-state index < -0.39 is 12.1 Å². The van der Waals surface area contributed by atoms with Crippen LogP contribution in [0.15, 0.2) is 43.0 Å². The summed E-state index contributed by atoms with van der Waals surface area (Å²) in [5.41, 5.74) is 1.23. The Bertz CT molecular complexity index is 561. The summed E-state index contributed by atoms with van der Waals surface area (Å²) in [5, 5.41) is 0. The molecule has 6 nitrogen and oxygen atoms in total. The van der Waals surface area contributed by atoms with Crippen molar-refractivity contribution in [3.05, 3.63) is 54.1 Å². The number of ether oxygens (including phenoxy) is 2. The average molecular weight is 260 g/mol. The Kier molecular flexibility index (Phi) is 3.92. The lowest BCUT2D eigenvalue weighted by molar-refractivity contribution is 0.0600. The lowest BCUT2D eigenvalue weighted by Crippen LogP contribution is -2.11. The molecular formula is C13H12N2O4. The second-order valence-electron chi connectivity index (χ2n) is 3.71. The van der Waals surface area contributed by atoms with E-state index in [-0.39, 0.29) is 6.61 Å². The molecule has 0 aliphatic heterocycles. The van der Waals surface area contributed by atoms with E-state index in [1.807, 2.05) is 0 Å². The van der Waals surface area contributed by atoms with Gasteiger partial charge in [0.2, 0.25) is 0 Å². The van der Waals surface area contributed by atoms with Crippen LogP contribution >= 0.6 is 0 Å². The first-order chi connectivity index (χ1) is 9.20. The average Bonchev–Trinajstić information content (AvgIpc) is 2.98. The van der Waals surface area contributed by atoms with Gasteiger partial charge in [-0.3, -0.25) is 0 Å². The highest BCUT2D eigenvalue weighted by Crippen LogP contribution is 2.07. The topological polar surface area (TPSA) is 70.4 Å². The predicted molar refractivity (Wildman–Crippen MR) is 65.6 cm³/mol. The summed E-state index contributed by atoms with van der Waals surface area (Å²) in [4.78, 5) is 26.5. The van der Waals surface area contributed by atoms with E-state index in [2.05, 4.69) is 9.72 Å². The van der Waals surface area contributed by atoms with Crippen molar-refractivity contribution in [1.29, 1.82) is 0 Å². The molecule has 0 bridgehead atoms. The van der Waals surface area contributed by atoms with Gasteiger partial charge < -0.3 is 9.47 Å². The van der Waals surface area contributed by atoms with Crippen LogP contribution in [0.1, 0.15) is 15.9 Å². The molecule has 1 heterocycles. The number of benzene rings is 1. The molecule has 0 unspecified atom stereocenters. The van der Waals surface area contributed by atoms with Gasteiger partial charge in [0.15, 0.2) is 0 Å². The summed E-state index contributed by atoms with van der Waals surface area (Å²) in [6.07, 6.45) is 3.85. The number of hydrogen-bond acceptors (Lipinski definition) is 5. The second-order valence-corrected chi connectivity index (χ2v) is 3.71. The zero-order valence-electron chi connectivity index (χ0n) is 10.3. The van der Waals surface area contributed by atoms with Crippen molar-refractivity contribution in [3.63, 3.8) is 0 Å². The fourth-order valence-corrected chi connectivity index (χ4v) is 1.44. The first kappa shape index (κ1) is 12.8. The highest BCUT2D eigenvalue weighted by atomic mass is 16.5. The normalized spacial score (nSPS) is 9.95. The maximum atomic E-state index is 11.5. The molecule has 0 N–H and O–H groups in total. The second kappa shape index (κ2) is 5.81. The molecule has 1 aromatic carbocycles. The lowest BCUT2D eigenvalue weighted by atomic mass is 10.1. The van der Waals surface area contributed by atoms with E-state index in [0.29, 0.717) is 5.56 Å². The highest BCUT2D eigenvalue weighted by Gasteiger charge is 2.07. The third-order valence-electron chi connectivity index (χ3n) is 2.45. The molecule has 0 radical (unpaired) electrons. The first-order valence-electron chi connectivity index (χ1n) is 5.53. The monoisotopic (exact) mass is 260 g/mol. The molecule has 98 valence electrons. The van der Waals surface area contributed by atoms with Gasteiger partial charge in [-0.2, -0.15) is 0 Å². The summed E-state index contributed by atoms with van der Waals surface area (Å²) in [5.74, 6) is -0.401. The Morgan fingerprint density at radius 1 is 1.26 bits per heavy atom. The Morgan fingerprint density at radius 2 is 2.00 bits per heavy atom. The van der Waals surface area contributed by atoms with E-state index in [4.69, 9.17) is 4.74 Å². The maximum absolute atomic E-state index is 11.5. The predicted octanol–water partition coefficient (Wildman–Crippen LogP) is 1.85. The third-order valence-corrected chi connectivity index (χ3v) is 2.45. The Morgan fingerprint density at radius 3 is 2.58 bits per heavy atom. The molecule has 0 aliphatic rings. The third kappa shape index (κ3) is 3.19. The van der Waals surface area contributed by atoms with Crippen molar-refractivity contribution in [2.75, 3.05) is 7.11 Å². The van der Waals surface area contributed by atoms with Crippen LogP contribution in [-0.2, 0) is 16.1 Å². The van der Waals surface area contributed by atoms with Gasteiger partial charge in [0, 0.05) is 12.4 Å². The van der Waals surface area contributed by atoms with Crippen molar-refractivity contribution in [2.24, 2.45) is 0 Å². The van der Waals surface area contributed by atoms with Crippen LogP contribution in [0.25, 0.3) is 0 Å². The molecule has 2 aromatic rings. The van der Waals surface area contributed by atoms with Gasteiger partial charge in [-0.1, -0.05) is 12.1 Å². The molecule has 0 spiro atoms. The largest absolute Gasteiger partial charge is 0.465 e. The van der Waals surface area contributed by atoms with E-state index in [1.165, 1.54) is 30.4 Å². The zero-order chi connectivity index (χ0) is 13.7. The van der Waals surface area contributed by atoms with Crippen LogP contribution in [0, 0.1) is 0 Å². The standard InChI is InChI=1S/C13H12N2O4/c1-18-12(16)11-4-2-10(3-5-11)8-19-13(17)15-7-6-14-9-15/h2-7,9H,8H2,1H3. The van der Waals surface area contributed by atoms with Crippen LogP contribution in [0.4, 0.5) is 4.79 Å². The van der Waals surface area contributed by atoms with Crippen molar-refractivity contribution >= 4 is 12.1 Å². The van der Waals surface area contributed by atoms with Crippen LogP contribution in [-0.4, -0.2) is 28.7 Å². The summed E-state index contributed by atoms with van der Waals surface area (Å²) in [6, 6.07) is 6.64. The van der Waals surface area contributed by atoms with Crippen LogP contribution in [0.3, 0.4) is 0 Å². The minimum Gasteiger partial charge on any atom is -0.465 e. The van der Waals surface area contributed by atoms with Gasteiger partial charge in [0.05, 0.1) is 12.7 Å². The van der Waals surface area contributed by atoms with Crippen LogP contribution in [0.5, 0.6) is 0 Å². The molecule has 2 rings (SSSR count). The molecule has 0 saturated carbocycles. The van der Waals surface area contributed by atoms with Crippen molar-refractivity contribution in [2.45, 2.75) is 6.61 Å². The van der Waals surface area contributed by atoms with E-state index in [1.54, 1.807) is 24.3 Å². The molecule has 19 heavy (non-hydrogen) atoms. The molecule has 0 atom stereocenters. The number of methoxy groups -OCH3 is 1. The van der Waals surface area contributed by atoms with Crippen LogP contribution in [0.2, 0.25) is 0 Å². The molecule has 6 heteroatoms. The number of aromatic nitrogens is 2. The minimum absolute atomic E-state index is 0.123. The molecule has 0 aliphatic carbocycles. The van der Waals surface area contributed by atoms with Gasteiger partial charge in [-0.05, 0) is 17.7 Å². The molecule has 1 aromatic heterocycles. The Balaban J connectivity index is 1.93. The lowest BCUT2D eigenvalue weighted by Gasteiger charge is -2.05. The molecule has 0 fully saturated rings. The fraction of sp³-hybridized carbons (Fsp3) is 0.154. The van der Waals surface area contributed by atoms with E-state index in [9.17, 15) is 9.59 Å².